The van der Waals surface area contributed by atoms with Crippen LogP contribution in [0.15, 0.2) is 35.1 Å². The third kappa shape index (κ3) is 3.47. The fraction of sp³-hybridized carbons (Fsp3) is 0.316. The topological polar surface area (TPSA) is 79.8 Å². The van der Waals surface area contributed by atoms with Crippen molar-refractivity contribution in [3.05, 3.63) is 63.1 Å². The van der Waals surface area contributed by atoms with Crippen LogP contribution in [-0.4, -0.2) is 20.7 Å². The molecule has 2 N–H and O–H groups in total. The number of nitrogens with one attached hydrogen (secondary N) is 2. The fourth-order valence-electron chi connectivity index (χ4n) is 3.14. The number of carbonyl (C=O) groups excluding carboxylic acids is 1. The highest BCUT2D eigenvalue weighted by Gasteiger charge is 2.15. The molecule has 1 aromatic carbocycles. The van der Waals surface area contributed by atoms with E-state index >= 15 is 0 Å². The Bertz CT molecular complexity index is 970. The van der Waals surface area contributed by atoms with Crippen LogP contribution < -0.4 is 10.9 Å². The molecule has 0 bridgehead atoms. The molecule has 2 heterocycles. The molecule has 1 amide bonds. The Morgan fingerprint density at radius 3 is 2.68 bits per heavy atom. The lowest BCUT2D eigenvalue weighted by atomic mass is 10.00. The van der Waals surface area contributed by atoms with Gasteiger partial charge in [-0.1, -0.05) is 30.3 Å². The van der Waals surface area contributed by atoms with E-state index in [1.165, 1.54) is 0 Å². The van der Waals surface area contributed by atoms with E-state index in [1.54, 1.807) is 11.7 Å². The number of benzene rings is 1. The van der Waals surface area contributed by atoms with Gasteiger partial charge in [-0.15, -0.1) is 0 Å². The summed E-state index contributed by atoms with van der Waals surface area (Å²) < 4.78 is 1.63. The Morgan fingerprint density at radius 2 is 1.96 bits per heavy atom. The number of rotatable bonds is 5. The molecule has 0 aliphatic rings. The minimum absolute atomic E-state index is 0.00952. The van der Waals surface area contributed by atoms with Gasteiger partial charge in [0.1, 0.15) is 0 Å². The van der Waals surface area contributed by atoms with Crippen molar-refractivity contribution in [3.63, 3.8) is 0 Å². The normalized spacial score (nSPS) is 11.0. The van der Waals surface area contributed by atoms with Gasteiger partial charge in [0, 0.05) is 25.7 Å². The number of fused-ring (bicyclic) bond motifs is 1. The monoisotopic (exact) mass is 338 g/mol. The number of aromatic amines is 1. The number of aryl methyl sites for hydroxylation is 3. The summed E-state index contributed by atoms with van der Waals surface area (Å²) in [5, 5.41) is 6.27. The molecule has 0 aliphatic carbocycles. The molecule has 0 aliphatic heterocycles. The summed E-state index contributed by atoms with van der Waals surface area (Å²) in [6, 6.07) is 9.81. The van der Waals surface area contributed by atoms with Gasteiger partial charge in [0.05, 0.1) is 5.39 Å². The van der Waals surface area contributed by atoms with Crippen LogP contribution in [0.5, 0.6) is 0 Å². The number of H-pyrrole nitrogens is 1. The van der Waals surface area contributed by atoms with E-state index in [2.05, 4.69) is 15.4 Å². The molecule has 3 rings (SSSR count). The first-order valence-corrected chi connectivity index (χ1v) is 8.32. The molecule has 130 valence electrons. The van der Waals surface area contributed by atoms with Crippen LogP contribution in [0.1, 0.15) is 28.8 Å². The fourth-order valence-corrected chi connectivity index (χ4v) is 3.14. The zero-order valence-corrected chi connectivity index (χ0v) is 14.7. The number of pyridine rings is 1. The Morgan fingerprint density at radius 1 is 1.24 bits per heavy atom. The van der Waals surface area contributed by atoms with Gasteiger partial charge in [-0.3, -0.25) is 19.4 Å². The van der Waals surface area contributed by atoms with Crippen molar-refractivity contribution in [2.24, 2.45) is 7.05 Å². The standard InChI is InChI=1S/C19H22N4O2/c1-12-15(13(2)21-18-17(12)19(25)22-23(18)3)9-10-16(24)20-11-14-7-5-4-6-8-14/h4-8H,9-11H2,1-3H3,(H,20,24)(H,22,25). The summed E-state index contributed by atoms with van der Waals surface area (Å²) >= 11 is 0. The summed E-state index contributed by atoms with van der Waals surface area (Å²) in [7, 11) is 1.77. The minimum Gasteiger partial charge on any atom is -0.352 e. The van der Waals surface area contributed by atoms with Gasteiger partial charge in [0.25, 0.3) is 5.56 Å². The SMILES string of the molecule is Cc1nc2c(c(C)c1CCC(=O)NCc1ccccc1)c(=O)[nH]n2C. The van der Waals surface area contributed by atoms with Crippen LogP contribution in [0.2, 0.25) is 0 Å². The number of aromatic nitrogens is 3. The molecule has 25 heavy (non-hydrogen) atoms. The maximum absolute atomic E-state index is 12.1. The largest absolute Gasteiger partial charge is 0.352 e. The minimum atomic E-state index is -0.141. The predicted molar refractivity (Wildman–Crippen MR) is 97.4 cm³/mol. The highest BCUT2D eigenvalue weighted by atomic mass is 16.1. The van der Waals surface area contributed by atoms with E-state index in [-0.39, 0.29) is 11.5 Å². The Hall–Kier alpha value is -2.89. The van der Waals surface area contributed by atoms with Crippen molar-refractivity contribution in [2.45, 2.75) is 33.2 Å². The summed E-state index contributed by atoms with van der Waals surface area (Å²) in [6.07, 6.45) is 0.933. The van der Waals surface area contributed by atoms with Gasteiger partial charge in [0.2, 0.25) is 5.91 Å². The van der Waals surface area contributed by atoms with Crippen molar-refractivity contribution in [3.8, 4) is 0 Å². The van der Waals surface area contributed by atoms with Gasteiger partial charge in [0.15, 0.2) is 5.65 Å². The number of amides is 1. The zero-order valence-electron chi connectivity index (χ0n) is 14.7. The van der Waals surface area contributed by atoms with Gasteiger partial charge in [-0.25, -0.2) is 4.98 Å². The van der Waals surface area contributed by atoms with E-state index in [0.717, 1.165) is 22.4 Å². The quantitative estimate of drug-likeness (QED) is 0.748. The van der Waals surface area contributed by atoms with Crippen LogP contribution in [0.25, 0.3) is 11.0 Å². The molecule has 0 fully saturated rings. The smallest absolute Gasteiger partial charge is 0.273 e. The molecule has 0 atom stereocenters. The lowest BCUT2D eigenvalue weighted by Gasteiger charge is -2.11. The average molecular weight is 338 g/mol. The van der Waals surface area contributed by atoms with Crippen molar-refractivity contribution >= 4 is 16.9 Å². The van der Waals surface area contributed by atoms with Gasteiger partial charge in [-0.05, 0) is 37.0 Å². The first kappa shape index (κ1) is 17.0. The second-order valence-corrected chi connectivity index (χ2v) is 6.26. The van der Waals surface area contributed by atoms with E-state index in [4.69, 9.17) is 0 Å². The van der Waals surface area contributed by atoms with Crippen LogP contribution >= 0.6 is 0 Å². The molecule has 0 saturated carbocycles. The molecule has 0 saturated heterocycles. The average Bonchev–Trinajstić information content (AvgIpc) is 2.87. The van der Waals surface area contributed by atoms with Crippen molar-refractivity contribution in [2.75, 3.05) is 0 Å². The third-order valence-electron chi connectivity index (χ3n) is 4.51. The zero-order chi connectivity index (χ0) is 18.0. The summed E-state index contributed by atoms with van der Waals surface area (Å²) in [6.45, 7) is 4.36. The van der Waals surface area contributed by atoms with E-state index in [9.17, 15) is 9.59 Å². The number of carbonyl (C=O) groups is 1. The highest BCUT2D eigenvalue weighted by molar-refractivity contribution is 5.81. The predicted octanol–water partition coefficient (Wildman–Crippen LogP) is 2.13. The molecular formula is C19H22N4O2. The molecule has 6 nitrogen and oxygen atoms in total. The first-order chi connectivity index (χ1) is 12.0. The third-order valence-corrected chi connectivity index (χ3v) is 4.51. The molecular weight excluding hydrogens is 316 g/mol. The maximum atomic E-state index is 12.1. The van der Waals surface area contributed by atoms with Crippen LogP contribution in [0.3, 0.4) is 0 Å². The second-order valence-electron chi connectivity index (χ2n) is 6.26. The van der Waals surface area contributed by atoms with Crippen molar-refractivity contribution in [1.82, 2.24) is 20.1 Å². The number of hydrogen-bond donors (Lipinski definition) is 2. The summed E-state index contributed by atoms with van der Waals surface area (Å²) in [5.41, 5.74) is 4.31. The first-order valence-electron chi connectivity index (χ1n) is 8.32. The van der Waals surface area contributed by atoms with E-state index in [0.29, 0.717) is 30.4 Å². The molecule has 2 aromatic heterocycles. The lowest BCUT2D eigenvalue weighted by molar-refractivity contribution is -0.121. The van der Waals surface area contributed by atoms with Crippen molar-refractivity contribution < 1.29 is 4.79 Å². The van der Waals surface area contributed by atoms with E-state index < -0.39 is 0 Å². The lowest BCUT2D eigenvalue weighted by Crippen LogP contribution is -2.23. The Kier molecular flexibility index (Phi) is 4.70. The molecule has 3 aromatic rings. The van der Waals surface area contributed by atoms with Crippen LogP contribution in [0, 0.1) is 13.8 Å². The Labute approximate surface area is 145 Å². The second kappa shape index (κ2) is 6.93. The van der Waals surface area contributed by atoms with Crippen LogP contribution in [0.4, 0.5) is 0 Å². The van der Waals surface area contributed by atoms with Gasteiger partial charge < -0.3 is 5.32 Å². The summed E-state index contributed by atoms with van der Waals surface area (Å²) in [4.78, 5) is 28.8. The van der Waals surface area contributed by atoms with Gasteiger partial charge >= 0.3 is 0 Å². The number of nitrogens with zero attached hydrogens (tertiary/aromatic N) is 2. The molecule has 0 radical (unpaired) electrons. The van der Waals surface area contributed by atoms with E-state index in [1.807, 2.05) is 44.2 Å². The molecule has 0 spiro atoms. The molecule has 0 unspecified atom stereocenters. The maximum Gasteiger partial charge on any atom is 0.273 e. The molecule has 6 heteroatoms. The van der Waals surface area contributed by atoms with Crippen LogP contribution in [-0.2, 0) is 24.8 Å². The summed E-state index contributed by atoms with van der Waals surface area (Å²) in [5.74, 6) is -0.00952. The van der Waals surface area contributed by atoms with Gasteiger partial charge in [-0.2, -0.15) is 0 Å². The Balaban J connectivity index is 1.71. The highest BCUT2D eigenvalue weighted by Crippen LogP contribution is 2.21. The number of hydrogen-bond acceptors (Lipinski definition) is 3. The van der Waals surface area contributed by atoms with Crippen molar-refractivity contribution in [1.29, 1.82) is 0 Å².